The molecule has 160 valence electrons. The molecule has 1 aliphatic heterocycles. The normalized spacial score (nSPS) is 18.1. The summed E-state index contributed by atoms with van der Waals surface area (Å²) < 4.78 is 22.8. The summed E-state index contributed by atoms with van der Waals surface area (Å²) in [6.07, 6.45) is 5.24. The summed E-state index contributed by atoms with van der Waals surface area (Å²) in [6, 6.07) is 3.50. The van der Waals surface area contributed by atoms with E-state index in [4.69, 9.17) is 9.72 Å². The number of nitrogens with one attached hydrogen (secondary N) is 2. The van der Waals surface area contributed by atoms with Gasteiger partial charge in [-0.05, 0) is 31.9 Å². The number of fused-ring (bicyclic) bond motifs is 2. The van der Waals surface area contributed by atoms with E-state index in [0.717, 1.165) is 35.2 Å². The van der Waals surface area contributed by atoms with Crippen LogP contribution in [0, 0.1) is 5.82 Å². The smallest absolute Gasteiger partial charge is 0.182 e. The Labute approximate surface area is 177 Å². The lowest BCUT2D eigenvalue weighted by Gasteiger charge is -2.30. The number of aromatic amines is 1. The highest BCUT2D eigenvalue weighted by molar-refractivity contribution is 5.91. The minimum absolute atomic E-state index is 0.144. The van der Waals surface area contributed by atoms with E-state index in [9.17, 15) is 0 Å². The molecular weight excluding hydrogens is 399 g/mol. The van der Waals surface area contributed by atoms with Crippen molar-refractivity contribution >= 4 is 33.7 Å². The second-order valence-electron chi connectivity index (χ2n) is 8.12. The van der Waals surface area contributed by atoms with Crippen LogP contribution in [0.2, 0.25) is 0 Å². The standard InChI is InChI=1S/C21H23FN8O/c1-12(27-20-16-19(24-10-23-16)25-11-26-20)21-28-15-5-4-14(22)17(29-6-8-31-9-7-29)18(15)30(21)13-2-3-13/h4-5,10-13H,2-3,6-9H2,1H3,(H2,23,24,25,26,27)/t12-/m0/s1. The van der Waals surface area contributed by atoms with Gasteiger partial charge in [0.25, 0.3) is 0 Å². The van der Waals surface area contributed by atoms with E-state index in [-0.39, 0.29) is 11.9 Å². The third kappa shape index (κ3) is 3.09. The SMILES string of the molecule is C[C@H](Nc1ncnc2nc[nH]c12)c1nc2ccc(F)c(N3CCOCC3)c2n1C1CC1. The quantitative estimate of drug-likeness (QED) is 0.510. The summed E-state index contributed by atoms with van der Waals surface area (Å²) in [5.41, 5.74) is 3.69. The van der Waals surface area contributed by atoms with Gasteiger partial charge in [0, 0.05) is 19.1 Å². The number of ether oxygens (including phenoxy) is 1. The van der Waals surface area contributed by atoms with Crippen molar-refractivity contribution in [3.05, 3.63) is 36.4 Å². The Balaban J connectivity index is 1.46. The summed E-state index contributed by atoms with van der Waals surface area (Å²) in [6.45, 7) is 4.61. The molecule has 3 aromatic heterocycles. The first kappa shape index (κ1) is 18.5. The number of rotatable bonds is 5. The number of hydrogen-bond acceptors (Lipinski definition) is 7. The van der Waals surface area contributed by atoms with E-state index in [1.54, 1.807) is 12.4 Å². The summed E-state index contributed by atoms with van der Waals surface area (Å²) in [5, 5.41) is 3.45. The molecule has 1 aliphatic carbocycles. The van der Waals surface area contributed by atoms with E-state index >= 15 is 4.39 Å². The first-order valence-corrected chi connectivity index (χ1v) is 10.6. The Hall–Kier alpha value is -3.27. The van der Waals surface area contributed by atoms with Crippen molar-refractivity contribution in [2.75, 3.05) is 36.5 Å². The highest BCUT2D eigenvalue weighted by atomic mass is 19.1. The fraction of sp³-hybridized carbons (Fsp3) is 0.429. The number of nitrogens with zero attached hydrogens (tertiary/aromatic N) is 6. The van der Waals surface area contributed by atoms with Crippen LogP contribution in [-0.2, 0) is 4.74 Å². The highest BCUT2D eigenvalue weighted by Gasteiger charge is 2.33. The van der Waals surface area contributed by atoms with Crippen molar-refractivity contribution in [1.29, 1.82) is 0 Å². The summed E-state index contributed by atoms with van der Waals surface area (Å²) in [5.74, 6) is 1.34. The van der Waals surface area contributed by atoms with Gasteiger partial charge in [0.1, 0.15) is 23.5 Å². The van der Waals surface area contributed by atoms with E-state index in [1.807, 2.05) is 0 Å². The predicted molar refractivity (Wildman–Crippen MR) is 115 cm³/mol. The van der Waals surface area contributed by atoms with Gasteiger partial charge in [-0.25, -0.2) is 24.3 Å². The number of hydrogen-bond donors (Lipinski definition) is 2. The molecule has 1 saturated heterocycles. The fourth-order valence-corrected chi connectivity index (χ4v) is 4.40. The Bertz CT molecular complexity index is 1260. The Morgan fingerprint density at radius 3 is 2.84 bits per heavy atom. The topological polar surface area (TPSA) is 96.8 Å². The van der Waals surface area contributed by atoms with Crippen LogP contribution in [0.15, 0.2) is 24.8 Å². The molecule has 1 aromatic carbocycles. The van der Waals surface area contributed by atoms with Crippen LogP contribution < -0.4 is 10.2 Å². The molecule has 0 radical (unpaired) electrons. The van der Waals surface area contributed by atoms with Crippen molar-refractivity contribution < 1.29 is 9.13 Å². The fourth-order valence-electron chi connectivity index (χ4n) is 4.40. The third-order valence-corrected chi connectivity index (χ3v) is 6.01. The van der Waals surface area contributed by atoms with E-state index in [1.165, 1.54) is 12.4 Å². The van der Waals surface area contributed by atoms with Gasteiger partial charge < -0.3 is 24.5 Å². The van der Waals surface area contributed by atoms with Gasteiger partial charge in [-0.2, -0.15) is 0 Å². The number of H-pyrrole nitrogens is 1. The lowest BCUT2D eigenvalue weighted by atomic mass is 10.2. The molecular formula is C21H23FN8O. The molecule has 6 rings (SSSR count). The van der Waals surface area contributed by atoms with Gasteiger partial charge in [0.05, 0.1) is 42.3 Å². The molecule has 2 N–H and O–H groups in total. The van der Waals surface area contributed by atoms with Gasteiger partial charge in [-0.15, -0.1) is 0 Å². The van der Waals surface area contributed by atoms with Crippen LogP contribution in [-0.4, -0.2) is 55.8 Å². The van der Waals surface area contributed by atoms with Crippen molar-refractivity contribution in [2.45, 2.75) is 31.8 Å². The highest BCUT2D eigenvalue weighted by Crippen LogP contribution is 2.43. The molecule has 9 nitrogen and oxygen atoms in total. The minimum Gasteiger partial charge on any atom is -0.378 e. The number of imidazole rings is 2. The number of aromatic nitrogens is 6. The minimum atomic E-state index is -0.210. The average molecular weight is 422 g/mol. The zero-order valence-corrected chi connectivity index (χ0v) is 17.2. The van der Waals surface area contributed by atoms with Crippen LogP contribution in [0.1, 0.15) is 37.7 Å². The predicted octanol–water partition coefficient (Wildman–Crippen LogP) is 3.19. The average Bonchev–Trinajstić information content (AvgIpc) is 3.37. The molecule has 0 spiro atoms. The second kappa shape index (κ2) is 7.16. The van der Waals surface area contributed by atoms with Crippen molar-refractivity contribution in [3.63, 3.8) is 0 Å². The van der Waals surface area contributed by atoms with Crippen LogP contribution in [0.3, 0.4) is 0 Å². The van der Waals surface area contributed by atoms with E-state index in [2.05, 4.69) is 41.6 Å². The second-order valence-corrected chi connectivity index (χ2v) is 8.12. The molecule has 2 aliphatic rings. The summed E-state index contributed by atoms with van der Waals surface area (Å²) in [7, 11) is 0. The van der Waals surface area contributed by atoms with Gasteiger partial charge in [0.2, 0.25) is 0 Å². The summed E-state index contributed by atoms with van der Waals surface area (Å²) >= 11 is 0. The molecule has 0 amide bonds. The third-order valence-electron chi connectivity index (χ3n) is 6.01. The number of anilines is 2. The molecule has 31 heavy (non-hydrogen) atoms. The van der Waals surface area contributed by atoms with Crippen molar-refractivity contribution in [1.82, 2.24) is 29.5 Å². The Morgan fingerprint density at radius 2 is 2.03 bits per heavy atom. The van der Waals surface area contributed by atoms with Gasteiger partial charge in [-0.1, -0.05) is 0 Å². The van der Waals surface area contributed by atoms with E-state index in [0.29, 0.717) is 49.5 Å². The van der Waals surface area contributed by atoms with Gasteiger partial charge in [-0.3, -0.25) is 0 Å². The van der Waals surface area contributed by atoms with Gasteiger partial charge in [0.15, 0.2) is 11.5 Å². The first-order valence-electron chi connectivity index (χ1n) is 10.6. The lowest BCUT2D eigenvalue weighted by molar-refractivity contribution is 0.122. The van der Waals surface area contributed by atoms with Crippen molar-refractivity contribution in [2.24, 2.45) is 0 Å². The van der Waals surface area contributed by atoms with Crippen LogP contribution in [0.4, 0.5) is 15.9 Å². The molecule has 4 aromatic rings. The van der Waals surface area contributed by atoms with Crippen molar-refractivity contribution in [3.8, 4) is 0 Å². The maximum atomic E-state index is 15.1. The monoisotopic (exact) mass is 422 g/mol. The Morgan fingerprint density at radius 1 is 1.19 bits per heavy atom. The van der Waals surface area contributed by atoms with Crippen LogP contribution in [0.5, 0.6) is 0 Å². The summed E-state index contributed by atoms with van der Waals surface area (Å²) in [4.78, 5) is 22.9. The maximum Gasteiger partial charge on any atom is 0.182 e. The molecule has 10 heteroatoms. The van der Waals surface area contributed by atoms with Gasteiger partial charge >= 0.3 is 0 Å². The molecule has 0 bridgehead atoms. The molecule has 4 heterocycles. The Kier molecular flexibility index (Phi) is 4.27. The number of morpholine rings is 1. The maximum absolute atomic E-state index is 15.1. The van der Waals surface area contributed by atoms with Crippen LogP contribution >= 0.6 is 0 Å². The molecule has 1 saturated carbocycles. The van der Waals surface area contributed by atoms with E-state index < -0.39 is 0 Å². The zero-order valence-electron chi connectivity index (χ0n) is 17.2. The molecule has 2 fully saturated rings. The zero-order chi connectivity index (χ0) is 20.9. The molecule has 0 unspecified atom stereocenters. The number of benzene rings is 1. The van der Waals surface area contributed by atoms with Crippen LogP contribution in [0.25, 0.3) is 22.2 Å². The lowest BCUT2D eigenvalue weighted by Crippen LogP contribution is -2.37. The largest absolute Gasteiger partial charge is 0.378 e. The molecule has 1 atom stereocenters. The first-order chi connectivity index (χ1) is 15.2. The number of halogens is 1.